The normalized spacial score (nSPS) is 10.1. The van der Waals surface area contributed by atoms with Crippen LogP contribution in [0.3, 0.4) is 0 Å². The Balaban J connectivity index is 2.95. The van der Waals surface area contributed by atoms with E-state index in [-0.39, 0.29) is 5.91 Å². The van der Waals surface area contributed by atoms with E-state index in [1.807, 2.05) is 0 Å². The topological polar surface area (TPSA) is 55.4 Å². The van der Waals surface area contributed by atoms with E-state index in [0.29, 0.717) is 11.3 Å². The highest BCUT2D eigenvalue weighted by Gasteiger charge is 2.11. The second-order valence-electron chi connectivity index (χ2n) is 3.03. The number of nitrogens with one attached hydrogen (secondary N) is 1. The van der Waals surface area contributed by atoms with Gasteiger partial charge in [0.2, 0.25) is 5.91 Å². The number of allylic oxidation sites excluding steroid dienone is 1. The summed E-state index contributed by atoms with van der Waals surface area (Å²) in [6.45, 7) is 1.74. The first-order valence-corrected chi connectivity index (χ1v) is 4.80. The van der Waals surface area contributed by atoms with E-state index in [4.69, 9.17) is 0 Å². The molecule has 0 saturated carbocycles. The molecule has 0 radical (unpaired) electrons. The predicted molar refractivity (Wildman–Crippen MR) is 61.2 cm³/mol. The summed E-state index contributed by atoms with van der Waals surface area (Å²) in [5.74, 6) is -0.754. The van der Waals surface area contributed by atoms with Gasteiger partial charge in [0.15, 0.2) is 0 Å². The van der Waals surface area contributed by atoms with Crippen molar-refractivity contribution in [1.29, 1.82) is 0 Å². The molecule has 0 fully saturated rings. The van der Waals surface area contributed by atoms with Crippen molar-refractivity contribution in [2.45, 2.75) is 6.92 Å². The lowest BCUT2D eigenvalue weighted by atomic mass is 10.2. The Morgan fingerprint density at radius 3 is 2.62 bits per heavy atom. The largest absolute Gasteiger partial charge is 0.465 e. The van der Waals surface area contributed by atoms with Crippen molar-refractivity contribution in [3.63, 3.8) is 0 Å². The first-order chi connectivity index (χ1) is 7.69. The van der Waals surface area contributed by atoms with Crippen LogP contribution in [-0.4, -0.2) is 19.0 Å². The summed E-state index contributed by atoms with van der Waals surface area (Å²) in [6.07, 6.45) is 3.00. The Morgan fingerprint density at radius 1 is 1.31 bits per heavy atom. The van der Waals surface area contributed by atoms with E-state index < -0.39 is 5.97 Å². The summed E-state index contributed by atoms with van der Waals surface area (Å²) < 4.78 is 4.61. The van der Waals surface area contributed by atoms with Gasteiger partial charge in [0, 0.05) is 0 Å². The Labute approximate surface area is 93.9 Å². The van der Waals surface area contributed by atoms with Gasteiger partial charge in [0.25, 0.3) is 0 Å². The van der Waals surface area contributed by atoms with Crippen LogP contribution < -0.4 is 5.32 Å². The molecule has 1 N–H and O–H groups in total. The molecule has 0 atom stereocenters. The number of benzene rings is 1. The van der Waals surface area contributed by atoms with Gasteiger partial charge >= 0.3 is 5.97 Å². The molecule has 0 aliphatic carbocycles. The zero-order chi connectivity index (χ0) is 12.0. The number of esters is 1. The number of anilines is 1. The smallest absolute Gasteiger partial charge is 0.339 e. The van der Waals surface area contributed by atoms with Crippen molar-refractivity contribution in [3.05, 3.63) is 42.0 Å². The zero-order valence-electron chi connectivity index (χ0n) is 9.19. The maximum absolute atomic E-state index is 11.4. The van der Waals surface area contributed by atoms with Crippen molar-refractivity contribution in [2.75, 3.05) is 12.4 Å². The molecule has 16 heavy (non-hydrogen) atoms. The van der Waals surface area contributed by atoms with Crippen molar-refractivity contribution in [1.82, 2.24) is 0 Å². The van der Waals surface area contributed by atoms with E-state index in [0.717, 1.165) is 0 Å². The van der Waals surface area contributed by atoms with Crippen LogP contribution in [0.4, 0.5) is 5.69 Å². The number of hydrogen-bond acceptors (Lipinski definition) is 3. The molecule has 0 bridgehead atoms. The molecule has 0 aliphatic rings. The molecule has 0 aliphatic heterocycles. The number of carbonyl (C=O) groups excluding carboxylic acids is 2. The summed E-state index contributed by atoms with van der Waals surface area (Å²) in [7, 11) is 1.30. The quantitative estimate of drug-likeness (QED) is 0.624. The molecule has 0 heterocycles. The fourth-order valence-corrected chi connectivity index (χ4v) is 1.21. The first-order valence-electron chi connectivity index (χ1n) is 4.80. The minimum absolute atomic E-state index is 0.279. The van der Waals surface area contributed by atoms with Gasteiger partial charge in [0.05, 0.1) is 18.4 Å². The highest BCUT2D eigenvalue weighted by atomic mass is 16.5. The van der Waals surface area contributed by atoms with Crippen LogP contribution in [0.5, 0.6) is 0 Å². The SMILES string of the molecule is C/C=C/C(=O)Nc1ccccc1C(=O)OC. The molecule has 1 aromatic carbocycles. The summed E-state index contributed by atoms with van der Waals surface area (Å²) in [6, 6.07) is 6.68. The van der Waals surface area contributed by atoms with Crippen LogP contribution in [0.1, 0.15) is 17.3 Å². The third-order valence-corrected chi connectivity index (χ3v) is 1.91. The third kappa shape index (κ3) is 2.95. The van der Waals surface area contributed by atoms with Crippen molar-refractivity contribution in [2.24, 2.45) is 0 Å². The van der Waals surface area contributed by atoms with Crippen LogP contribution in [-0.2, 0) is 9.53 Å². The lowest BCUT2D eigenvalue weighted by molar-refractivity contribution is -0.111. The Hall–Kier alpha value is -2.10. The third-order valence-electron chi connectivity index (χ3n) is 1.91. The summed E-state index contributed by atoms with van der Waals surface area (Å²) in [5, 5.41) is 2.60. The molecule has 0 spiro atoms. The lowest BCUT2D eigenvalue weighted by Gasteiger charge is -2.07. The lowest BCUT2D eigenvalue weighted by Crippen LogP contribution is -2.12. The molecule has 1 aromatic rings. The number of carbonyl (C=O) groups is 2. The van der Waals surface area contributed by atoms with Gasteiger partial charge in [-0.3, -0.25) is 4.79 Å². The molecular weight excluding hydrogens is 206 g/mol. The monoisotopic (exact) mass is 219 g/mol. The highest BCUT2D eigenvalue weighted by molar-refractivity contribution is 6.04. The second-order valence-corrected chi connectivity index (χ2v) is 3.03. The standard InChI is InChI=1S/C12H13NO3/c1-3-6-11(14)13-10-8-5-4-7-9(10)12(15)16-2/h3-8H,1-2H3,(H,13,14)/b6-3+. The number of hydrogen-bond donors (Lipinski definition) is 1. The molecular formula is C12H13NO3. The van der Waals surface area contributed by atoms with Crippen molar-refractivity contribution < 1.29 is 14.3 Å². The van der Waals surface area contributed by atoms with Gasteiger partial charge in [-0.05, 0) is 25.1 Å². The average molecular weight is 219 g/mol. The van der Waals surface area contributed by atoms with Crippen molar-refractivity contribution in [3.8, 4) is 0 Å². The zero-order valence-corrected chi connectivity index (χ0v) is 9.19. The second kappa shape index (κ2) is 5.70. The molecule has 1 amide bonds. The van der Waals surface area contributed by atoms with E-state index >= 15 is 0 Å². The maximum Gasteiger partial charge on any atom is 0.339 e. The van der Waals surface area contributed by atoms with Crippen LogP contribution >= 0.6 is 0 Å². The van der Waals surface area contributed by atoms with Gasteiger partial charge < -0.3 is 10.1 Å². The molecule has 84 valence electrons. The van der Waals surface area contributed by atoms with Gasteiger partial charge in [-0.2, -0.15) is 0 Å². The molecule has 0 unspecified atom stereocenters. The highest BCUT2D eigenvalue weighted by Crippen LogP contribution is 2.15. The van der Waals surface area contributed by atoms with Gasteiger partial charge in [-0.25, -0.2) is 4.79 Å². The number of ether oxygens (including phenoxy) is 1. The Morgan fingerprint density at radius 2 is 2.00 bits per heavy atom. The van der Waals surface area contributed by atoms with E-state index in [2.05, 4.69) is 10.1 Å². The molecule has 4 nitrogen and oxygen atoms in total. The van der Waals surface area contributed by atoms with Gasteiger partial charge in [0.1, 0.15) is 0 Å². The van der Waals surface area contributed by atoms with Crippen LogP contribution in [0.15, 0.2) is 36.4 Å². The van der Waals surface area contributed by atoms with E-state index in [1.54, 1.807) is 37.3 Å². The molecule has 0 saturated heterocycles. The van der Waals surface area contributed by atoms with E-state index in [9.17, 15) is 9.59 Å². The number of methoxy groups -OCH3 is 1. The first kappa shape index (κ1) is 12.0. The molecule has 4 heteroatoms. The van der Waals surface area contributed by atoms with Crippen LogP contribution in [0, 0.1) is 0 Å². The maximum atomic E-state index is 11.4. The van der Waals surface area contributed by atoms with E-state index in [1.165, 1.54) is 13.2 Å². The minimum atomic E-state index is -0.476. The number of para-hydroxylation sites is 1. The average Bonchev–Trinajstić information content (AvgIpc) is 2.29. The minimum Gasteiger partial charge on any atom is -0.465 e. The Bertz CT molecular complexity index is 424. The van der Waals surface area contributed by atoms with Crippen LogP contribution in [0.2, 0.25) is 0 Å². The summed E-state index contributed by atoms with van der Waals surface area (Å²) >= 11 is 0. The van der Waals surface area contributed by atoms with Crippen molar-refractivity contribution >= 4 is 17.6 Å². The van der Waals surface area contributed by atoms with Crippen LogP contribution in [0.25, 0.3) is 0 Å². The predicted octanol–water partition coefficient (Wildman–Crippen LogP) is 1.99. The Kier molecular flexibility index (Phi) is 4.27. The fraction of sp³-hybridized carbons (Fsp3) is 0.167. The summed E-state index contributed by atoms with van der Waals surface area (Å²) in [4.78, 5) is 22.7. The number of rotatable bonds is 3. The molecule has 0 aromatic heterocycles. The fourth-order valence-electron chi connectivity index (χ4n) is 1.21. The van der Waals surface area contributed by atoms with Gasteiger partial charge in [-0.15, -0.1) is 0 Å². The molecule has 1 rings (SSSR count). The van der Waals surface area contributed by atoms with Gasteiger partial charge in [-0.1, -0.05) is 18.2 Å². The summed E-state index contributed by atoms with van der Waals surface area (Å²) in [5.41, 5.74) is 0.778. The number of amides is 1.